The standard InChI is InChI=1S/C14H15F2NO4/c15-14(16,10-4-2-1-3-5-10)13(20)17-6-7-21-9-11(17)8-12(18)19/h1-5,11H,6-9H2,(H,18,19). The van der Waals surface area contributed by atoms with Crippen LogP contribution in [0.15, 0.2) is 30.3 Å². The number of halogens is 2. The van der Waals surface area contributed by atoms with Gasteiger partial charge in [0.1, 0.15) is 0 Å². The van der Waals surface area contributed by atoms with E-state index in [1.807, 2.05) is 0 Å². The van der Waals surface area contributed by atoms with Crippen LogP contribution >= 0.6 is 0 Å². The van der Waals surface area contributed by atoms with E-state index in [4.69, 9.17) is 9.84 Å². The van der Waals surface area contributed by atoms with Gasteiger partial charge in [-0.25, -0.2) is 0 Å². The zero-order valence-corrected chi connectivity index (χ0v) is 11.2. The van der Waals surface area contributed by atoms with Gasteiger partial charge in [-0.1, -0.05) is 30.3 Å². The molecule has 1 aliphatic heterocycles. The van der Waals surface area contributed by atoms with E-state index in [1.54, 1.807) is 6.07 Å². The van der Waals surface area contributed by atoms with Crippen LogP contribution in [0.2, 0.25) is 0 Å². The lowest BCUT2D eigenvalue weighted by Crippen LogP contribution is -2.53. The van der Waals surface area contributed by atoms with Crippen LogP contribution in [0.25, 0.3) is 0 Å². The zero-order valence-electron chi connectivity index (χ0n) is 11.2. The van der Waals surface area contributed by atoms with E-state index in [0.717, 1.165) is 4.90 Å². The number of morpholine rings is 1. The first-order valence-electron chi connectivity index (χ1n) is 6.47. The molecule has 114 valence electrons. The summed E-state index contributed by atoms with van der Waals surface area (Å²) in [6, 6.07) is 5.88. The highest BCUT2D eigenvalue weighted by Gasteiger charge is 2.46. The molecule has 0 aromatic heterocycles. The fourth-order valence-electron chi connectivity index (χ4n) is 2.24. The Labute approximate surface area is 120 Å². The highest BCUT2D eigenvalue weighted by molar-refractivity contribution is 5.85. The average Bonchev–Trinajstić information content (AvgIpc) is 2.47. The van der Waals surface area contributed by atoms with Crippen LogP contribution in [0.5, 0.6) is 0 Å². The lowest BCUT2D eigenvalue weighted by molar-refractivity contribution is -0.169. The number of carbonyl (C=O) groups excluding carboxylic acids is 1. The predicted molar refractivity (Wildman–Crippen MR) is 68.9 cm³/mol. The third-order valence-corrected chi connectivity index (χ3v) is 3.30. The van der Waals surface area contributed by atoms with Crippen molar-refractivity contribution in [3.05, 3.63) is 35.9 Å². The molecule has 0 saturated carbocycles. The van der Waals surface area contributed by atoms with E-state index >= 15 is 0 Å². The van der Waals surface area contributed by atoms with Crippen LogP contribution < -0.4 is 0 Å². The minimum absolute atomic E-state index is 0.0425. The maximum Gasteiger partial charge on any atom is 0.349 e. The van der Waals surface area contributed by atoms with Gasteiger partial charge in [-0.3, -0.25) is 9.59 Å². The van der Waals surface area contributed by atoms with Gasteiger partial charge in [0.05, 0.1) is 25.7 Å². The van der Waals surface area contributed by atoms with E-state index in [2.05, 4.69) is 0 Å². The van der Waals surface area contributed by atoms with Gasteiger partial charge in [-0.2, -0.15) is 8.78 Å². The Morgan fingerprint density at radius 3 is 2.62 bits per heavy atom. The van der Waals surface area contributed by atoms with Crippen LogP contribution in [0.4, 0.5) is 8.78 Å². The summed E-state index contributed by atoms with van der Waals surface area (Å²) in [5.41, 5.74) is -0.407. The molecule has 1 aliphatic rings. The quantitative estimate of drug-likeness (QED) is 0.914. The molecule has 0 aliphatic carbocycles. The second kappa shape index (κ2) is 6.17. The number of carboxylic acids is 1. The van der Waals surface area contributed by atoms with Crippen molar-refractivity contribution in [3.63, 3.8) is 0 Å². The van der Waals surface area contributed by atoms with Crippen LogP contribution in [-0.2, 0) is 20.2 Å². The number of aliphatic carboxylic acids is 1. The number of hydrogen-bond donors (Lipinski definition) is 1. The Hall–Kier alpha value is -2.02. The van der Waals surface area contributed by atoms with Gasteiger partial charge >= 0.3 is 11.9 Å². The number of rotatable bonds is 4. The van der Waals surface area contributed by atoms with Crippen molar-refractivity contribution in [2.45, 2.75) is 18.4 Å². The molecule has 21 heavy (non-hydrogen) atoms. The first-order chi connectivity index (χ1) is 9.93. The number of carboxylic acid groups (broad SMARTS) is 1. The maximum absolute atomic E-state index is 14.3. The summed E-state index contributed by atoms with van der Waals surface area (Å²) in [5, 5.41) is 8.80. The number of benzene rings is 1. The molecular formula is C14H15F2NO4. The van der Waals surface area contributed by atoms with Gasteiger partial charge in [0, 0.05) is 12.1 Å². The van der Waals surface area contributed by atoms with E-state index in [9.17, 15) is 18.4 Å². The highest BCUT2D eigenvalue weighted by Crippen LogP contribution is 2.31. The number of nitrogens with zero attached hydrogens (tertiary/aromatic N) is 1. The molecule has 1 unspecified atom stereocenters. The van der Waals surface area contributed by atoms with Crippen molar-refractivity contribution in [2.75, 3.05) is 19.8 Å². The Morgan fingerprint density at radius 2 is 2.00 bits per heavy atom. The second-order valence-corrected chi connectivity index (χ2v) is 4.77. The molecule has 7 heteroatoms. The maximum atomic E-state index is 14.3. The Balaban J connectivity index is 2.22. The van der Waals surface area contributed by atoms with Crippen molar-refractivity contribution in [3.8, 4) is 0 Å². The molecular weight excluding hydrogens is 284 g/mol. The molecule has 1 saturated heterocycles. The summed E-state index contributed by atoms with van der Waals surface area (Å²) in [4.78, 5) is 23.8. The third-order valence-electron chi connectivity index (χ3n) is 3.30. The van der Waals surface area contributed by atoms with E-state index in [1.165, 1.54) is 24.3 Å². The van der Waals surface area contributed by atoms with Gasteiger partial charge in [-0.05, 0) is 0 Å². The molecule has 1 atom stereocenters. The SMILES string of the molecule is O=C(O)CC1COCCN1C(=O)C(F)(F)c1ccccc1. The fraction of sp³-hybridized carbons (Fsp3) is 0.429. The van der Waals surface area contributed by atoms with Gasteiger partial charge in [0.2, 0.25) is 0 Å². The first-order valence-corrected chi connectivity index (χ1v) is 6.47. The van der Waals surface area contributed by atoms with Crippen molar-refractivity contribution in [1.82, 2.24) is 4.90 Å². The van der Waals surface area contributed by atoms with E-state index < -0.39 is 35.8 Å². The summed E-state index contributed by atoms with van der Waals surface area (Å²) in [7, 11) is 0. The smallest absolute Gasteiger partial charge is 0.349 e. The Morgan fingerprint density at radius 1 is 1.33 bits per heavy atom. The lowest BCUT2D eigenvalue weighted by atomic mass is 10.0. The van der Waals surface area contributed by atoms with Crippen LogP contribution in [0.3, 0.4) is 0 Å². The van der Waals surface area contributed by atoms with Crippen molar-refractivity contribution in [1.29, 1.82) is 0 Å². The third kappa shape index (κ3) is 3.36. The number of hydrogen-bond acceptors (Lipinski definition) is 3. The molecule has 1 amide bonds. The lowest BCUT2D eigenvalue weighted by Gasteiger charge is -2.36. The predicted octanol–water partition coefficient (Wildman–Crippen LogP) is 1.48. The van der Waals surface area contributed by atoms with Crippen LogP contribution in [-0.4, -0.2) is 47.7 Å². The molecule has 1 N–H and O–H groups in total. The summed E-state index contributed by atoms with van der Waals surface area (Å²) in [5.74, 6) is -6.23. The summed E-state index contributed by atoms with van der Waals surface area (Å²) in [6.45, 7) is 0.0227. The monoisotopic (exact) mass is 299 g/mol. The molecule has 0 bridgehead atoms. The average molecular weight is 299 g/mol. The molecule has 1 heterocycles. The van der Waals surface area contributed by atoms with E-state index in [-0.39, 0.29) is 19.8 Å². The van der Waals surface area contributed by atoms with E-state index in [0.29, 0.717) is 0 Å². The summed E-state index contributed by atoms with van der Waals surface area (Å²) >= 11 is 0. The molecule has 5 nitrogen and oxygen atoms in total. The normalized spacial score (nSPS) is 19.3. The second-order valence-electron chi connectivity index (χ2n) is 4.77. The molecule has 1 fully saturated rings. The molecule has 2 rings (SSSR count). The minimum atomic E-state index is -3.69. The molecule has 1 aromatic carbocycles. The summed E-state index contributed by atoms with van der Waals surface area (Å²) in [6.07, 6.45) is -0.420. The Bertz CT molecular complexity index is 521. The largest absolute Gasteiger partial charge is 0.481 e. The zero-order chi connectivity index (χ0) is 15.5. The van der Waals surface area contributed by atoms with Crippen LogP contribution in [0.1, 0.15) is 12.0 Å². The van der Waals surface area contributed by atoms with Gasteiger partial charge < -0.3 is 14.7 Å². The van der Waals surface area contributed by atoms with Crippen molar-refractivity contribution in [2.24, 2.45) is 0 Å². The van der Waals surface area contributed by atoms with Gasteiger partial charge in [-0.15, -0.1) is 0 Å². The highest BCUT2D eigenvalue weighted by atomic mass is 19.3. The number of ether oxygens (including phenoxy) is 1. The number of alkyl halides is 2. The Kier molecular flexibility index (Phi) is 4.52. The van der Waals surface area contributed by atoms with Crippen molar-refractivity contribution < 1.29 is 28.2 Å². The van der Waals surface area contributed by atoms with Crippen molar-refractivity contribution >= 4 is 11.9 Å². The first kappa shape index (κ1) is 15.4. The fourth-order valence-corrected chi connectivity index (χ4v) is 2.24. The molecule has 1 aromatic rings. The minimum Gasteiger partial charge on any atom is -0.481 e. The summed E-state index contributed by atoms with van der Waals surface area (Å²) < 4.78 is 33.6. The molecule has 0 spiro atoms. The molecule has 0 radical (unpaired) electrons. The van der Waals surface area contributed by atoms with Crippen LogP contribution in [0, 0.1) is 0 Å². The van der Waals surface area contributed by atoms with Gasteiger partial charge in [0.25, 0.3) is 5.91 Å². The number of carbonyl (C=O) groups is 2. The van der Waals surface area contributed by atoms with Gasteiger partial charge in [0.15, 0.2) is 0 Å². The topological polar surface area (TPSA) is 66.8 Å². The number of amides is 1.